The third-order valence-corrected chi connectivity index (χ3v) is 3.31. The van der Waals surface area contributed by atoms with E-state index in [1.54, 1.807) is 0 Å². The number of ether oxygens (including phenoxy) is 1. The third-order valence-electron chi connectivity index (χ3n) is 3.31. The van der Waals surface area contributed by atoms with Gasteiger partial charge in [0.2, 0.25) is 5.91 Å². The van der Waals surface area contributed by atoms with Gasteiger partial charge in [0, 0.05) is 25.1 Å². The Balaban J connectivity index is 2.12. The Labute approximate surface area is 94.0 Å². The van der Waals surface area contributed by atoms with Crippen LogP contribution < -0.4 is 15.4 Å². The molecule has 2 N–H and O–H groups in total. The first-order chi connectivity index (χ1) is 7.83. The normalized spacial score (nSPS) is 28.1. The topological polar surface area (TPSA) is 50.4 Å². The Hall–Kier alpha value is -1.55. The molecule has 0 aromatic heterocycles. The van der Waals surface area contributed by atoms with E-state index in [9.17, 15) is 4.79 Å². The van der Waals surface area contributed by atoms with Gasteiger partial charge in [-0.05, 0) is 6.07 Å². The number of carbonyl (C=O) groups excluding carboxylic acids is 1. The lowest BCUT2D eigenvalue weighted by molar-refractivity contribution is -0.131. The standard InChI is InChI=1S/C12H14N2O2/c15-11-12(14-7-6-13-11)5-8-16-10-4-2-1-3-9(10)12/h1-4,14H,5-8H2,(H,13,15). The SMILES string of the molecule is O=C1NCCNC12CCOc1ccccc12. The number of hydrogen-bond acceptors (Lipinski definition) is 3. The molecule has 0 saturated carbocycles. The summed E-state index contributed by atoms with van der Waals surface area (Å²) in [7, 11) is 0. The molecule has 1 amide bonds. The van der Waals surface area contributed by atoms with Gasteiger partial charge in [-0.1, -0.05) is 18.2 Å². The van der Waals surface area contributed by atoms with Crippen molar-refractivity contribution in [2.45, 2.75) is 12.0 Å². The van der Waals surface area contributed by atoms with Crippen molar-refractivity contribution in [3.8, 4) is 5.75 Å². The summed E-state index contributed by atoms with van der Waals surface area (Å²) in [6.07, 6.45) is 0.690. The minimum Gasteiger partial charge on any atom is -0.493 e. The minimum atomic E-state index is -0.576. The Morgan fingerprint density at radius 3 is 3.00 bits per heavy atom. The van der Waals surface area contributed by atoms with Crippen LogP contribution in [0.3, 0.4) is 0 Å². The van der Waals surface area contributed by atoms with E-state index < -0.39 is 5.54 Å². The second-order valence-corrected chi connectivity index (χ2v) is 4.18. The predicted molar refractivity (Wildman–Crippen MR) is 59.2 cm³/mol. The first-order valence-electron chi connectivity index (χ1n) is 5.58. The molecule has 84 valence electrons. The number of fused-ring (bicyclic) bond motifs is 2. The van der Waals surface area contributed by atoms with Gasteiger partial charge in [0.15, 0.2) is 0 Å². The summed E-state index contributed by atoms with van der Waals surface area (Å²) in [5, 5.41) is 6.27. The quantitative estimate of drug-likeness (QED) is 0.662. The fourth-order valence-electron chi connectivity index (χ4n) is 2.50. The number of piperazine rings is 1. The van der Waals surface area contributed by atoms with Crippen LogP contribution in [0.15, 0.2) is 24.3 Å². The van der Waals surface area contributed by atoms with E-state index in [1.807, 2.05) is 24.3 Å². The van der Waals surface area contributed by atoms with Crippen LogP contribution in [-0.4, -0.2) is 25.6 Å². The molecule has 4 heteroatoms. The lowest BCUT2D eigenvalue weighted by Crippen LogP contribution is -2.62. The summed E-state index contributed by atoms with van der Waals surface area (Å²) in [5.41, 5.74) is 0.381. The molecule has 2 aliphatic rings. The van der Waals surface area contributed by atoms with Crippen molar-refractivity contribution < 1.29 is 9.53 Å². The summed E-state index contributed by atoms with van der Waals surface area (Å²) in [6, 6.07) is 7.75. The van der Waals surface area contributed by atoms with Crippen LogP contribution in [0, 0.1) is 0 Å². The Bertz CT molecular complexity index is 433. The van der Waals surface area contributed by atoms with Crippen molar-refractivity contribution in [3.05, 3.63) is 29.8 Å². The van der Waals surface area contributed by atoms with E-state index >= 15 is 0 Å². The Kier molecular flexibility index (Phi) is 2.11. The average molecular weight is 218 g/mol. The van der Waals surface area contributed by atoms with Gasteiger partial charge in [-0.15, -0.1) is 0 Å². The van der Waals surface area contributed by atoms with Crippen LogP contribution >= 0.6 is 0 Å². The zero-order chi connectivity index (χ0) is 11.0. The van der Waals surface area contributed by atoms with Crippen molar-refractivity contribution in [3.63, 3.8) is 0 Å². The van der Waals surface area contributed by atoms with E-state index in [-0.39, 0.29) is 5.91 Å². The molecule has 16 heavy (non-hydrogen) atoms. The van der Waals surface area contributed by atoms with Crippen LogP contribution in [0.5, 0.6) is 5.75 Å². The number of hydrogen-bond donors (Lipinski definition) is 2. The van der Waals surface area contributed by atoms with E-state index in [1.165, 1.54) is 0 Å². The van der Waals surface area contributed by atoms with Crippen LogP contribution in [0.1, 0.15) is 12.0 Å². The average Bonchev–Trinajstić information content (AvgIpc) is 2.34. The molecule has 1 unspecified atom stereocenters. The Morgan fingerprint density at radius 2 is 2.12 bits per heavy atom. The molecule has 2 aliphatic heterocycles. The highest BCUT2D eigenvalue weighted by Gasteiger charge is 2.45. The molecule has 0 aliphatic carbocycles. The van der Waals surface area contributed by atoms with Gasteiger partial charge in [0.1, 0.15) is 11.3 Å². The highest BCUT2D eigenvalue weighted by molar-refractivity contribution is 5.89. The summed E-state index contributed by atoms with van der Waals surface area (Å²) in [4.78, 5) is 12.1. The molecule has 1 atom stereocenters. The fraction of sp³-hybridized carbons (Fsp3) is 0.417. The first kappa shape index (κ1) is 9.66. The van der Waals surface area contributed by atoms with Gasteiger partial charge >= 0.3 is 0 Å². The zero-order valence-corrected chi connectivity index (χ0v) is 8.95. The van der Waals surface area contributed by atoms with E-state index in [4.69, 9.17) is 4.74 Å². The molecular formula is C12H14N2O2. The van der Waals surface area contributed by atoms with Crippen molar-refractivity contribution in [1.82, 2.24) is 10.6 Å². The van der Waals surface area contributed by atoms with Gasteiger partial charge in [0.25, 0.3) is 0 Å². The number of para-hydroxylation sites is 1. The summed E-state index contributed by atoms with van der Waals surface area (Å²) in [5.74, 6) is 0.882. The van der Waals surface area contributed by atoms with Gasteiger partial charge in [-0.25, -0.2) is 0 Å². The molecule has 1 aromatic rings. The van der Waals surface area contributed by atoms with Crippen molar-refractivity contribution in [1.29, 1.82) is 0 Å². The van der Waals surface area contributed by atoms with Crippen LogP contribution in [0.25, 0.3) is 0 Å². The number of rotatable bonds is 0. The molecule has 1 spiro atoms. The van der Waals surface area contributed by atoms with Crippen LogP contribution in [0.2, 0.25) is 0 Å². The maximum absolute atomic E-state index is 12.1. The molecule has 1 aromatic carbocycles. The summed E-state index contributed by atoms with van der Waals surface area (Å²) in [6.45, 7) is 2.08. The summed E-state index contributed by atoms with van der Waals surface area (Å²) < 4.78 is 5.58. The lowest BCUT2D eigenvalue weighted by atomic mass is 9.82. The molecule has 0 bridgehead atoms. The Morgan fingerprint density at radius 1 is 1.25 bits per heavy atom. The predicted octanol–water partition coefficient (Wildman–Crippen LogP) is 0.384. The highest BCUT2D eigenvalue weighted by atomic mass is 16.5. The second-order valence-electron chi connectivity index (χ2n) is 4.18. The van der Waals surface area contributed by atoms with Crippen LogP contribution in [0.4, 0.5) is 0 Å². The van der Waals surface area contributed by atoms with Gasteiger partial charge in [-0.2, -0.15) is 0 Å². The largest absolute Gasteiger partial charge is 0.493 e. The lowest BCUT2D eigenvalue weighted by Gasteiger charge is -2.41. The third kappa shape index (κ3) is 1.23. The van der Waals surface area contributed by atoms with Crippen molar-refractivity contribution in [2.24, 2.45) is 0 Å². The molecule has 4 nitrogen and oxygen atoms in total. The monoisotopic (exact) mass is 218 g/mol. The highest BCUT2D eigenvalue weighted by Crippen LogP contribution is 2.37. The first-order valence-corrected chi connectivity index (χ1v) is 5.58. The zero-order valence-electron chi connectivity index (χ0n) is 8.95. The maximum Gasteiger partial charge on any atom is 0.245 e. The number of amides is 1. The maximum atomic E-state index is 12.1. The molecular weight excluding hydrogens is 204 g/mol. The molecule has 1 fully saturated rings. The van der Waals surface area contributed by atoms with E-state index in [2.05, 4.69) is 10.6 Å². The molecule has 2 heterocycles. The second kappa shape index (κ2) is 3.49. The molecule has 1 saturated heterocycles. The van der Waals surface area contributed by atoms with Gasteiger partial charge in [0.05, 0.1) is 6.61 Å². The van der Waals surface area contributed by atoms with Crippen LogP contribution in [-0.2, 0) is 10.3 Å². The number of nitrogens with one attached hydrogen (secondary N) is 2. The van der Waals surface area contributed by atoms with Gasteiger partial charge < -0.3 is 10.1 Å². The number of carbonyl (C=O) groups is 1. The fourth-order valence-corrected chi connectivity index (χ4v) is 2.50. The van der Waals surface area contributed by atoms with Crippen molar-refractivity contribution in [2.75, 3.05) is 19.7 Å². The molecule has 0 radical (unpaired) electrons. The summed E-state index contributed by atoms with van der Waals surface area (Å²) >= 11 is 0. The minimum absolute atomic E-state index is 0.0644. The van der Waals surface area contributed by atoms with Gasteiger partial charge in [-0.3, -0.25) is 10.1 Å². The smallest absolute Gasteiger partial charge is 0.245 e. The number of benzene rings is 1. The molecule has 3 rings (SSSR count). The van der Waals surface area contributed by atoms with E-state index in [0.717, 1.165) is 17.9 Å². The van der Waals surface area contributed by atoms with E-state index in [0.29, 0.717) is 19.6 Å². The van der Waals surface area contributed by atoms with Crippen molar-refractivity contribution >= 4 is 5.91 Å².